The van der Waals surface area contributed by atoms with Gasteiger partial charge in [-0.15, -0.1) is 0 Å². The van der Waals surface area contributed by atoms with Gasteiger partial charge in [0.15, 0.2) is 0 Å². The zero-order valence-electron chi connectivity index (χ0n) is 12.5. The maximum atomic E-state index is 5.93. The SMILES string of the molecule is CC1(C)OB(/C=C/c2cc([C@@H]3CN3)ccn2)OC1(C)C. The predicted octanol–water partition coefficient (Wildman–Crippen LogP) is 2.37. The van der Waals surface area contributed by atoms with Gasteiger partial charge >= 0.3 is 7.12 Å². The first kappa shape index (κ1) is 13.8. The van der Waals surface area contributed by atoms with Crippen LogP contribution in [0.3, 0.4) is 0 Å². The van der Waals surface area contributed by atoms with Gasteiger partial charge < -0.3 is 14.6 Å². The van der Waals surface area contributed by atoms with Crippen LogP contribution in [0, 0.1) is 0 Å². The molecule has 0 saturated carbocycles. The van der Waals surface area contributed by atoms with Crippen molar-refractivity contribution >= 4 is 13.2 Å². The lowest BCUT2D eigenvalue weighted by atomic mass is 9.89. The molecule has 3 rings (SSSR count). The number of nitrogens with one attached hydrogen (secondary N) is 1. The average Bonchev–Trinajstić information content (AvgIpc) is 3.16. The molecule has 106 valence electrons. The highest BCUT2D eigenvalue weighted by Gasteiger charge is 2.50. The van der Waals surface area contributed by atoms with Gasteiger partial charge in [-0.2, -0.15) is 0 Å². The Morgan fingerprint density at radius 3 is 2.55 bits per heavy atom. The molecule has 1 aromatic heterocycles. The molecule has 20 heavy (non-hydrogen) atoms. The van der Waals surface area contributed by atoms with Gasteiger partial charge in [0, 0.05) is 18.8 Å². The summed E-state index contributed by atoms with van der Waals surface area (Å²) in [7, 11) is -0.315. The third-order valence-electron chi connectivity index (χ3n) is 4.31. The Bertz CT molecular complexity index is 522. The molecule has 0 radical (unpaired) electrons. The molecule has 0 bridgehead atoms. The number of nitrogens with zero attached hydrogens (tertiary/aromatic N) is 1. The quantitative estimate of drug-likeness (QED) is 0.678. The van der Waals surface area contributed by atoms with Crippen molar-refractivity contribution in [1.82, 2.24) is 10.3 Å². The molecule has 0 unspecified atom stereocenters. The minimum Gasteiger partial charge on any atom is -0.400 e. The van der Waals surface area contributed by atoms with E-state index in [-0.39, 0.29) is 18.3 Å². The molecule has 4 nitrogen and oxygen atoms in total. The van der Waals surface area contributed by atoms with Crippen molar-refractivity contribution in [1.29, 1.82) is 0 Å². The van der Waals surface area contributed by atoms with Crippen LogP contribution in [0.2, 0.25) is 0 Å². The summed E-state index contributed by atoms with van der Waals surface area (Å²) >= 11 is 0. The predicted molar refractivity (Wildman–Crippen MR) is 80.1 cm³/mol. The van der Waals surface area contributed by atoms with Crippen molar-refractivity contribution in [2.24, 2.45) is 0 Å². The Balaban J connectivity index is 1.70. The van der Waals surface area contributed by atoms with Gasteiger partial charge in [-0.1, -0.05) is 5.98 Å². The van der Waals surface area contributed by atoms with Crippen molar-refractivity contribution in [3.63, 3.8) is 0 Å². The van der Waals surface area contributed by atoms with Gasteiger partial charge in [-0.05, 0) is 51.5 Å². The maximum absolute atomic E-state index is 5.93. The van der Waals surface area contributed by atoms with Crippen molar-refractivity contribution in [3.8, 4) is 0 Å². The van der Waals surface area contributed by atoms with E-state index in [0.29, 0.717) is 6.04 Å². The Morgan fingerprint density at radius 2 is 1.95 bits per heavy atom. The van der Waals surface area contributed by atoms with Crippen LogP contribution in [0.5, 0.6) is 0 Å². The molecule has 2 aliphatic heterocycles. The van der Waals surface area contributed by atoms with Crippen LogP contribution in [0.15, 0.2) is 24.3 Å². The second-order valence-corrected chi connectivity index (χ2v) is 6.46. The number of rotatable bonds is 3. The molecule has 1 atom stereocenters. The van der Waals surface area contributed by atoms with Crippen molar-refractivity contribution < 1.29 is 9.31 Å². The molecular weight excluding hydrogens is 251 g/mol. The lowest BCUT2D eigenvalue weighted by molar-refractivity contribution is 0.00578. The van der Waals surface area contributed by atoms with Gasteiger partial charge in [-0.3, -0.25) is 4.98 Å². The van der Waals surface area contributed by atoms with Crippen LogP contribution in [-0.2, 0) is 9.31 Å². The Labute approximate surface area is 120 Å². The highest BCUT2D eigenvalue weighted by atomic mass is 16.7. The molecule has 0 spiro atoms. The number of pyridine rings is 1. The average molecular weight is 272 g/mol. The summed E-state index contributed by atoms with van der Waals surface area (Å²) in [5.41, 5.74) is 1.63. The van der Waals surface area contributed by atoms with Crippen LogP contribution in [0.4, 0.5) is 0 Å². The van der Waals surface area contributed by atoms with Crippen LogP contribution in [-0.4, -0.2) is 29.8 Å². The summed E-state index contributed by atoms with van der Waals surface area (Å²) in [5.74, 6) is 1.93. The van der Waals surface area contributed by atoms with E-state index < -0.39 is 0 Å². The molecule has 0 amide bonds. The van der Waals surface area contributed by atoms with Crippen LogP contribution in [0.1, 0.15) is 45.0 Å². The summed E-state index contributed by atoms with van der Waals surface area (Å²) in [6.07, 6.45) is 3.81. The molecule has 0 aromatic carbocycles. The molecule has 3 heterocycles. The van der Waals surface area contributed by atoms with Crippen LogP contribution in [0.25, 0.3) is 6.08 Å². The third kappa shape index (κ3) is 2.66. The molecule has 1 N–H and O–H groups in total. The lowest BCUT2D eigenvalue weighted by Gasteiger charge is -2.32. The largest absolute Gasteiger partial charge is 0.487 e. The molecule has 2 saturated heterocycles. The minimum atomic E-state index is -0.315. The molecule has 5 heteroatoms. The molecule has 2 fully saturated rings. The summed E-state index contributed by atoms with van der Waals surface area (Å²) < 4.78 is 11.9. The Hall–Kier alpha value is -1.17. The van der Waals surface area contributed by atoms with E-state index in [9.17, 15) is 0 Å². The lowest BCUT2D eigenvalue weighted by Crippen LogP contribution is -2.41. The zero-order chi connectivity index (χ0) is 14.4. The fourth-order valence-corrected chi connectivity index (χ4v) is 2.21. The highest BCUT2D eigenvalue weighted by molar-refractivity contribution is 6.52. The fraction of sp³-hybridized carbons (Fsp3) is 0.533. The van der Waals surface area contributed by atoms with Crippen molar-refractivity contribution in [3.05, 3.63) is 35.6 Å². The first-order valence-corrected chi connectivity index (χ1v) is 7.11. The summed E-state index contributed by atoms with van der Waals surface area (Å²) in [5, 5.41) is 3.30. The van der Waals surface area contributed by atoms with E-state index in [0.717, 1.165) is 12.2 Å². The van der Waals surface area contributed by atoms with Crippen molar-refractivity contribution in [2.75, 3.05) is 6.54 Å². The summed E-state index contributed by atoms with van der Waals surface area (Å²) in [6.45, 7) is 9.28. The summed E-state index contributed by atoms with van der Waals surface area (Å²) in [6, 6.07) is 4.66. The Morgan fingerprint density at radius 1 is 1.30 bits per heavy atom. The minimum absolute atomic E-state index is 0.296. The standard InChI is InChI=1S/C15H21BN2O2/c1-14(2)15(3,4)20-16(19-14)7-5-12-9-11(6-8-17-12)13-10-18-13/h5-9,13,18H,10H2,1-4H3/b7-5+/t13-/m0/s1. The smallest absolute Gasteiger partial charge is 0.400 e. The number of aromatic nitrogens is 1. The van der Waals surface area contributed by atoms with Gasteiger partial charge in [0.25, 0.3) is 0 Å². The third-order valence-corrected chi connectivity index (χ3v) is 4.31. The van der Waals surface area contributed by atoms with E-state index in [1.807, 2.05) is 18.2 Å². The van der Waals surface area contributed by atoms with Gasteiger partial charge in [0.1, 0.15) is 0 Å². The molecule has 2 aliphatic rings. The topological polar surface area (TPSA) is 53.3 Å². The van der Waals surface area contributed by atoms with Gasteiger partial charge in [0.05, 0.1) is 16.9 Å². The van der Waals surface area contributed by atoms with E-state index in [1.54, 1.807) is 0 Å². The van der Waals surface area contributed by atoms with Gasteiger partial charge in [-0.25, -0.2) is 0 Å². The van der Waals surface area contributed by atoms with Crippen LogP contribution < -0.4 is 5.32 Å². The van der Waals surface area contributed by atoms with E-state index >= 15 is 0 Å². The van der Waals surface area contributed by atoms with E-state index in [1.165, 1.54) is 5.56 Å². The van der Waals surface area contributed by atoms with Crippen LogP contribution >= 0.6 is 0 Å². The second kappa shape index (κ2) is 4.69. The second-order valence-electron chi connectivity index (χ2n) is 6.46. The normalized spacial score (nSPS) is 27.2. The molecule has 0 aliphatic carbocycles. The van der Waals surface area contributed by atoms with Gasteiger partial charge in [0.2, 0.25) is 0 Å². The highest BCUT2D eigenvalue weighted by Crippen LogP contribution is 2.37. The molecular formula is C15H21BN2O2. The summed E-state index contributed by atoms with van der Waals surface area (Å²) in [4.78, 5) is 4.36. The van der Waals surface area contributed by atoms with Crippen molar-refractivity contribution in [2.45, 2.75) is 44.9 Å². The number of hydrogen-bond donors (Lipinski definition) is 1. The first-order chi connectivity index (χ1) is 9.37. The Kier molecular flexibility index (Phi) is 3.24. The van der Waals surface area contributed by atoms with E-state index in [4.69, 9.17) is 9.31 Å². The zero-order valence-corrected chi connectivity index (χ0v) is 12.5. The maximum Gasteiger partial charge on any atom is 0.487 e. The fourth-order valence-electron chi connectivity index (χ4n) is 2.21. The number of hydrogen-bond acceptors (Lipinski definition) is 4. The van der Waals surface area contributed by atoms with E-state index in [2.05, 4.69) is 50.1 Å². The monoisotopic (exact) mass is 272 g/mol. The molecule has 1 aromatic rings. The first-order valence-electron chi connectivity index (χ1n) is 7.11.